The molecule has 1 aliphatic rings. The van der Waals surface area contributed by atoms with Gasteiger partial charge in [-0.1, -0.05) is 13.8 Å². The van der Waals surface area contributed by atoms with Gasteiger partial charge < -0.3 is 4.74 Å². The molecule has 0 aromatic heterocycles. The third-order valence-electron chi connectivity index (χ3n) is 3.27. The molecule has 4 heteroatoms. The third-order valence-corrected chi connectivity index (χ3v) is 4.40. The van der Waals surface area contributed by atoms with Gasteiger partial charge in [-0.15, -0.1) is 0 Å². The molecule has 1 fully saturated rings. The fourth-order valence-corrected chi connectivity index (χ4v) is 3.50. The Morgan fingerprint density at radius 1 is 1.53 bits per heavy atom. The van der Waals surface area contributed by atoms with Gasteiger partial charge in [-0.25, -0.2) is 0 Å². The van der Waals surface area contributed by atoms with Gasteiger partial charge >= 0.3 is 0 Å². The van der Waals surface area contributed by atoms with Crippen molar-refractivity contribution in [1.82, 2.24) is 5.32 Å². The quantitative estimate of drug-likeness (QED) is 0.743. The minimum Gasteiger partial charge on any atom is -0.383 e. The first-order chi connectivity index (χ1) is 7.08. The average molecular weight is 228 g/mol. The predicted octanol–water partition coefficient (Wildman–Crippen LogP) is 1.65. The molecule has 0 amide bonds. The molecule has 1 aliphatic heterocycles. The van der Waals surface area contributed by atoms with Crippen LogP contribution in [-0.2, 0) is 4.74 Å². The molecule has 0 aliphatic carbocycles. The molecule has 86 valence electrons. The Balaban J connectivity index is 2.68. The molecule has 0 radical (unpaired) electrons. The zero-order valence-corrected chi connectivity index (χ0v) is 10.6. The van der Waals surface area contributed by atoms with Gasteiger partial charge in [0.05, 0.1) is 12.7 Å². The van der Waals surface area contributed by atoms with Crippen LogP contribution in [0.3, 0.4) is 0 Å². The van der Waals surface area contributed by atoms with Gasteiger partial charge in [0.2, 0.25) is 0 Å². The number of thioether (sulfide) groups is 1. The molecular formula is C11H20N2OS. The van der Waals surface area contributed by atoms with Gasteiger partial charge in [0.1, 0.15) is 5.54 Å². The first kappa shape index (κ1) is 12.8. The summed E-state index contributed by atoms with van der Waals surface area (Å²) in [6.45, 7) is 5.75. The topological polar surface area (TPSA) is 45.0 Å². The molecule has 1 rings (SSSR count). The Morgan fingerprint density at radius 3 is 2.80 bits per heavy atom. The van der Waals surface area contributed by atoms with Crippen molar-refractivity contribution >= 4 is 11.8 Å². The van der Waals surface area contributed by atoms with Crippen LogP contribution >= 0.6 is 11.8 Å². The van der Waals surface area contributed by atoms with Crippen LogP contribution in [-0.4, -0.2) is 37.3 Å². The predicted molar refractivity (Wildman–Crippen MR) is 63.9 cm³/mol. The molecule has 1 heterocycles. The SMILES string of the molecule is COCCNC1(C#N)CSCCC1(C)C. The summed E-state index contributed by atoms with van der Waals surface area (Å²) in [5.74, 6) is 2.03. The van der Waals surface area contributed by atoms with Crippen molar-refractivity contribution in [2.75, 3.05) is 31.8 Å². The number of methoxy groups -OCH3 is 1. The van der Waals surface area contributed by atoms with Gasteiger partial charge in [-0.2, -0.15) is 17.0 Å². The van der Waals surface area contributed by atoms with E-state index in [4.69, 9.17) is 4.74 Å². The van der Waals surface area contributed by atoms with Crippen molar-refractivity contribution in [2.45, 2.75) is 25.8 Å². The summed E-state index contributed by atoms with van der Waals surface area (Å²) in [6.07, 6.45) is 1.09. The Bertz CT molecular complexity index is 249. The lowest BCUT2D eigenvalue weighted by Crippen LogP contribution is -2.59. The molecule has 1 atom stereocenters. The lowest BCUT2D eigenvalue weighted by Gasteiger charge is -2.45. The van der Waals surface area contributed by atoms with Gasteiger partial charge in [0.25, 0.3) is 0 Å². The number of hydrogen-bond acceptors (Lipinski definition) is 4. The normalized spacial score (nSPS) is 29.7. The maximum Gasteiger partial charge on any atom is 0.121 e. The summed E-state index contributed by atoms with van der Waals surface area (Å²) in [4.78, 5) is 0. The Morgan fingerprint density at radius 2 is 2.27 bits per heavy atom. The molecule has 0 bridgehead atoms. The Kier molecular flexibility index (Phi) is 4.45. The van der Waals surface area contributed by atoms with E-state index in [1.165, 1.54) is 0 Å². The van der Waals surface area contributed by atoms with Crippen molar-refractivity contribution in [3.8, 4) is 6.07 Å². The van der Waals surface area contributed by atoms with E-state index in [9.17, 15) is 5.26 Å². The fraction of sp³-hybridized carbons (Fsp3) is 0.909. The minimum absolute atomic E-state index is 0.0424. The van der Waals surface area contributed by atoms with Crippen LogP contribution < -0.4 is 5.32 Å². The van der Waals surface area contributed by atoms with E-state index < -0.39 is 5.54 Å². The number of nitrogens with one attached hydrogen (secondary N) is 1. The second-order valence-corrected chi connectivity index (χ2v) is 5.73. The van der Waals surface area contributed by atoms with Crippen molar-refractivity contribution in [1.29, 1.82) is 5.26 Å². The van der Waals surface area contributed by atoms with Crippen molar-refractivity contribution in [3.63, 3.8) is 0 Å². The van der Waals surface area contributed by atoms with Gasteiger partial charge in [-0.05, 0) is 17.6 Å². The van der Waals surface area contributed by atoms with E-state index in [2.05, 4.69) is 25.2 Å². The maximum absolute atomic E-state index is 9.41. The maximum atomic E-state index is 9.41. The summed E-state index contributed by atoms with van der Waals surface area (Å²) < 4.78 is 5.01. The highest BCUT2D eigenvalue weighted by molar-refractivity contribution is 7.99. The molecule has 1 saturated heterocycles. The van der Waals surface area contributed by atoms with Crippen molar-refractivity contribution < 1.29 is 4.74 Å². The third kappa shape index (κ3) is 2.66. The summed E-state index contributed by atoms with van der Waals surface area (Å²) >= 11 is 1.86. The molecule has 3 nitrogen and oxygen atoms in total. The zero-order valence-electron chi connectivity index (χ0n) is 9.80. The van der Waals surface area contributed by atoms with E-state index in [1.807, 2.05) is 11.8 Å². The lowest BCUT2D eigenvalue weighted by atomic mass is 9.71. The van der Waals surface area contributed by atoms with Crippen molar-refractivity contribution in [2.24, 2.45) is 5.41 Å². The summed E-state index contributed by atoms with van der Waals surface area (Å²) in [5, 5.41) is 12.8. The number of ether oxygens (including phenoxy) is 1. The number of nitriles is 1. The van der Waals surface area contributed by atoms with Crippen molar-refractivity contribution in [3.05, 3.63) is 0 Å². The molecule has 0 spiro atoms. The van der Waals surface area contributed by atoms with Crippen LogP contribution in [0.15, 0.2) is 0 Å². The van der Waals surface area contributed by atoms with Crippen LogP contribution in [0.5, 0.6) is 0 Å². The first-order valence-corrected chi connectivity index (χ1v) is 6.46. The van der Waals surface area contributed by atoms with Crippen LogP contribution in [0.2, 0.25) is 0 Å². The van der Waals surface area contributed by atoms with Gasteiger partial charge in [0.15, 0.2) is 0 Å². The zero-order chi connectivity index (χ0) is 11.4. The minimum atomic E-state index is -0.394. The second-order valence-electron chi connectivity index (χ2n) is 4.62. The van der Waals surface area contributed by atoms with E-state index >= 15 is 0 Å². The lowest BCUT2D eigenvalue weighted by molar-refractivity contribution is 0.150. The molecule has 1 unspecified atom stereocenters. The molecule has 15 heavy (non-hydrogen) atoms. The van der Waals surface area contributed by atoms with Crippen LogP contribution in [0.1, 0.15) is 20.3 Å². The number of rotatable bonds is 4. The molecule has 0 aromatic carbocycles. The van der Waals surface area contributed by atoms with E-state index in [0.717, 1.165) is 24.5 Å². The monoisotopic (exact) mass is 228 g/mol. The van der Waals surface area contributed by atoms with Gasteiger partial charge in [0, 0.05) is 19.4 Å². The van der Waals surface area contributed by atoms with E-state index in [-0.39, 0.29) is 5.41 Å². The molecule has 0 saturated carbocycles. The highest BCUT2D eigenvalue weighted by atomic mass is 32.2. The van der Waals surface area contributed by atoms with Crippen LogP contribution in [0, 0.1) is 16.7 Å². The van der Waals surface area contributed by atoms with Gasteiger partial charge in [-0.3, -0.25) is 5.32 Å². The smallest absolute Gasteiger partial charge is 0.121 e. The second kappa shape index (κ2) is 5.20. The van der Waals surface area contributed by atoms with E-state index in [1.54, 1.807) is 7.11 Å². The number of hydrogen-bond donors (Lipinski definition) is 1. The highest BCUT2D eigenvalue weighted by Gasteiger charge is 2.47. The fourth-order valence-electron chi connectivity index (χ4n) is 1.84. The molecule has 1 N–H and O–H groups in total. The number of nitrogens with zero attached hydrogens (tertiary/aromatic N) is 1. The highest BCUT2D eigenvalue weighted by Crippen LogP contribution is 2.41. The summed E-state index contributed by atoms with van der Waals surface area (Å²) in [5.41, 5.74) is -0.352. The first-order valence-electron chi connectivity index (χ1n) is 5.31. The summed E-state index contributed by atoms with van der Waals surface area (Å²) in [7, 11) is 1.68. The Hall–Kier alpha value is -0.240. The van der Waals surface area contributed by atoms with E-state index in [0.29, 0.717) is 6.61 Å². The standard InChI is InChI=1S/C11H20N2OS/c1-10(2)4-7-15-9-11(10,8-12)13-5-6-14-3/h13H,4-7,9H2,1-3H3. The average Bonchev–Trinajstić information content (AvgIpc) is 2.21. The summed E-state index contributed by atoms with van der Waals surface area (Å²) in [6, 6.07) is 2.48. The largest absolute Gasteiger partial charge is 0.383 e. The van der Waals surface area contributed by atoms with Crippen LogP contribution in [0.4, 0.5) is 0 Å². The van der Waals surface area contributed by atoms with Crippen LogP contribution in [0.25, 0.3) is 0 Å². The molecular weight excluding hydrogens is 208 g/mol. The molecule has 0 aromatic rings. The Labute approximate surface area is 96.6 Å².